The minimum atomic E-state index is -4.48. The van der Waals surface area contributed by atoms with Crippen molar-refractivity contribution in [2.24, 2.45) is 0 Å². The zero-order valence-electron chi connectivity index (χ0n) is 10.6. The van der Waals surface area contributed by atoms with E-state index >= 15 is 0 Å². The molecule has 5 nitrogen and oxygen atoms in total. The van der Waals surface area contributed by atoms with Gasteiger partial charge in [0.2, 0.25) is 5.91 Å². The highest BCUT2D eigenvalue weighted by atomic mass is 35.5. The largest absolute Gasteiger partial charge is 0.416 e. The molecule has 114 valence electrons. The quantitative estimate of drug-likeness (QED) is 0.898. The van der Waals surface area contributed by atoms with E-state index in [-0.39, 0.29) is 23.8 Å². The van der Waals surface area contributed by atoms with Gasteiger partial charge in [0.25, 0.3) is 0 Å². The van der Waals surface area contributed by atoms with Crippen molar-refractivity contribution in [1.29, 1.82) is 0 Å². The summed E-state index contributed by atoms with van der Waals surface area (Å²) in [6, 6.07) is 2.29. The van der Waals surface area contributed by atoms with Crippen molar-refractivity contribution in [3.8, 4) is 0 Å². The second-order valence-electron chi connectivity index (χ2n) is 4.32. The molecule has 3 amide bonds. The van der Waals surface area contributed by atoms with Gasteiger partial charge in [0, 0.05) is 13.1 Å². The van der Waals surface area contributed by atoms with Crippen LogP contribution in [0.15, 0.2) is 18.2 Å². The molecule has 1 aliphatic rings. The van der Waals surface area contributed by atoms with Crippen LogP contribution in [0.3, 0.4) is 0 Å². The summed E-state index contributed by atoms with van der Waals surface area (Å²) in [6.45, 7) is 0.407. The number of carbonyl (C=O) groups excluding carboxylic acids is 2. The summed E-state index contributed by atoms with van der Waals surface area (Å²) in [5.74, 6) is -0.485. The minimum absolute atomic E-state index is 0.150. The minimum Gasteiger partial charge on any atom is -0.375 e. The number of urea groups is 1. The number of hydrogen-bond acceptors (Lipinski definition) is 3. The predicted octanol–water partition coefficient (Wildman–Crippen LogP) is 2.32. The Morgan fingerprint density at radius 3 is 2.67 bits per heavy atom. The molecule has 1 aromatic carbocycles. The van der Waals surface area contributed by atoms with Crippen molar-refractivity contribution in [2.75, 3.05) is 25.0 Å². The fourth-order valence-corrected chi connectivity index (χ4v) is 2.06. The van der Waals surface area contributed by atoms with Gasteiger partial charge in [-0.05, 0) is 18.2 Å². The monoisotopic (exact) mass is 321 g/mol. The Morgan fingerprint density at radius 1 is 1.43 bits per heavy atom. The van der Waals surface area contributed by atoms with Crippen molar-refractivity contribution in [2.45, 2.75) is 6.18 Å². The molecule has 0 saturated carbocycles. The summed E-state index contributed by atoms with van der Waals surface area (Å²) in [4.78, 5) is 24.0. The third kappa shape index (κ3) is 3.57. The lowest BCUT2D eigenvalue weighted by Gasteiger charge is -2.14. The van der Waals surface area contributed by atoms with Gasteiger partial charge in [0.15, 0.2) is 0 Å². The summed E-state index contributed by atoms with van der Waals surface area (Å²) in [7, 11) is 0. The van der Waals surface area contributed by atoms with Crippen molar-refractivity contribution in [3.63, 3.8) is 0 Å². The third-order valence-electron chi connectivity index (χ3n) is 2.88. The van der Waals surface area contributed by atoms with Crippen molar-refractivity contribution in [3.05, 3.63) is 28.8 Å². The van der Waals surface area contributed by atoms with Gasteiger partial charge in [-0.3, -0.25) is 9.69 Å². The van der Waals surface area contributed by atoms with Crippen LogP contribution in [-0.2, 0) is 11.0 Å². The van der Waals surface area contributed by atoms with Crippen LogP contribution in [0.5, 0.6) is 0 Å². The fraction of sp³-hybridized carbons (Fsp3) is 0.333. The van der Waals surface area contributed by atoms with E-state index in [0.29, 0.717) is 6.54 Å². The van der Waals surface area contributed by atoms with Crippen LogP contribution >= 0.6 is 11.6 Å². The Balaban J connectivity index is 2.00. The van der Waals surface area contributed by atoms with Crippen LogP contribution in [-0.4, -0.2) is 36.5 Å². The first kappa shape index (κ1) is 15.4. The Kier molecular flexibility index (Phi) is 4.26. The molecule has 0 aromatic heterocycles. The van der Waals surface area contributed by atoms with Gasteiger partial charge >= 0.3 is 12.2 Å². The number of alkyl halides is 3. The van der Waals surface area contributed by atoms with Crippen molar-refractivity contribution < 1.29 is 22.8 Å². The topological polar surface area (TPSA) is 61.4 Å². The van der Waals surface area contributed by atoms with E-state index in [2.05, 4.69) is 10.6 Å². The molecule has 1 heterocycles. The Morgan fingerprint density at radius 2 is 2.14 bits per heavy atom. The zero-order chi connectivity index (χ0) is 15.6. The molecule has 1 fully saturated rings. The SMILES string of the molecule is O=C(CNc1ccc(C(F)(F)F)cc1Cl)N1CCNC1=O. The highest BCUT2D eigenvalue weighted by Gasteiger charge is 2.31. The average molecular weight is 322 g/mol. The van der Waals surface area contributed by atoms with E-state index in [4.69, 9.17) is 11.6 Å². The molecule has 1 aliphatic heterocycles. The lowest BCUT2D eigenvalue weighted by molar-refractivity contribution is -0.137. The number of imide groups is 1. The maximum atomic E-state index is 12.5. The molecule has 1 saturated heterocycles. The number of nitrogens with zero attached hydrogens (tertiary/aromatic N) is 1. The molecule has 2 N–H and O–H groups in total. The van der Waals surface area contributed by atoms with E-state index < -0.39 is 23.7 Å². The van der Waals surface area contributed by atoms with E-state index in [1.807, 2.05) is 0 Å². The second-order valence-corrected chi connectivity index (χ2v) is 4.73. The third-order valence-corrected chi connectivity index (χ3v) is 3.20. The lowest BCUT2D eigenvalue weighted by Crippen LogP contribution is -2.38. The summed E-state index contributed by atoms with van der Waals surface area (Å²) < 4.78 is 37.4. The Hall–Kier alpha value is -1.96. The predicted molar refractivity (Wildman–Crippen MR) is 70.1 cm³/mol. The van der Waals surface area contributed by atoms with Gasteiger partial charge in [0.1, 0.15) is 0 Å². The van der Waals surface area contributed by atoms with Crippen LogP contribution < -0.4 is 10.6 Å². The highest BCUT2D eigenvalue weighted by molar-refractivity contribution is 6.33. The van der Waals surface area contributed by atoms with Gasteiger partial charge in [-0.25, -0.2) is 4.79 Å². The fourth-order valence-electron chi connectivity index (χ4n) is 1.81. The maximum absolute atomic E-state index is 12.5. The number of halogens is 4. The van der Waals surface area contributed by atoms with Crippen molar-refractivity contribution >= 4 is 29.2 Å². The number of benzene rings is 1. The molecule has 9 heteroatoms. The van der Waals surface area contributed by atoms with Gasteiger partial charge in [-0.1, -0.05) is 11.6 Å². The molecule has 2 rings (SSSR count). The lowest BCUT2D eigenvalue weighted by atomic mass is 10.2. The van der Waals surface area contributed by atoms with Crippen LogP contribution in [0.2, 0.25) is 5.02 Å². The van der Waals surface area contributed by atoms with Gasteiger partial charge in [0.05, 0.1) is 22.8 Å². The van der Waals surface area contributed by atoms with E-state index in [1.54, 1.807) is 0 Å². The smallest absolute Gasteiger partial charge is 0.375 e. The molecule has 0 radical (unpaired) electrons. The Bertz CT molecular complexity index is 577. The number of amides is 3. The number of rotatable bonds is 3. The zero-order valence-corrected chi connectivity index (χ0v) is 11.4. The normalized spacial score (nSPS) is 15.0. The van der Waals surface area contributed by atoms with Crippen molar-refractivity contribution in [1.82, 2.24) is 10.2 Å². The number of nitrogens with one attached hydrogen (secondary N) is 2. The van der Waals surface area contributed by atoms with Gasteiger partial charge < -0.3 is 10.6 Å². The Labute approximate surface area is 123 Å². The molecule has 0 atom stereocenters. The highest BCUT2D eigenvalue weighted by Crippen LogP contribution is 2.33. The number of anilines is 1. The molecule has 0 bridgehead atoms. The van der Waals surface area contributed by atoms with E-state index in [1.165, 1.54) is 0 Å². The van der Waals surface area contributed by atoms with E-state index in [0.717, 1.165) is 23.1 Å². The summed E-state index contributed by atoms with van der Waals surface area (Å²) in [5, 5.41) is 4.94. The first-order valence-electron chi connectivity index (χ1n) is 5.98. The van der Waals surface area contributed by atoms with Gasteiger partial charge in [-0.2, -0.15) is 13.2 Å². The first-order chi connectivity index (χ1) is 9.79. The van der Waals surface area contributed by atoms with Crippen LogP contribution in [0.1, 0.15) is 5.56 Å². The second kappa shape index (κ2) is 5.80. The first-order valence-corrected chi connectivity index (χ1v) is 6.35. The summed E-state index contributed by atoms with van der Waals surface area (Å²) >= 11 is 5.74. The number of carbonyl (C=O) groups is 2. The molecule has 0 spiro atoms. The maximum Gasteiger partial charge on any atom is 0.416 e. The molecule has 0 unspecified atom stereocenters. The standard InChI is InChI=1S/C12H11ClF3N3O2/c13-8-5-7(12(14,15)16)1-2-9(8)18-6-10(20)19-4-3-17-11(19)21/h1-2,5,18H,3-4,6H2,(H,17,21). The van der Waals surface area contributed by atoms with Crippen LogP contribution in [0.25, 0.3) is 0 Å². The molecular formula is C12H11ClF3N3O2. The van der Waals surface area contributed by atoms with Crippen LogP contribution in [0, 0.1) is 0 Å². The summed E-state index contributed by atoms with van der Waals surface area (Å²) in [6.07, 6.45) is -4.48. The van der Waals surface area contributed by atoms with E-state index in [9.17, 15) is 22.8 Å². The molecule has 1 aromatic rings. The molecular weight excluding hydrogens is 311 g/mol. The molecule has 0 aliphatic carbocycles. The van der Waals surface area contributed by atoms with Crippen LogP contribution in [0.4, 0.5) is 23.7 Å². The average Bonchev–Trinajstić information content (AvgIpc) is 2.82. The summed E-state index contributed by atoms with van der Waals surface area (Å²) in [5.41, 5.74) is -0.680. The van der Waals surface area contributed by atoms with Gasteiger partial charge in [-0.15, -0.1) is 0 Å². The molecule has 21 heavy (non-hydrogen) atoms. The number of hydrogen-bond donors (Lipinski definition) is 2.